The van der Waals surface area contributed by atoms with Crippen molar-refractivity contribution < 1.29 is 4.79 Å². The number of fused-ring (bicyclic) bond motifs is 1. The van der Waals surface area contributed by atoms with E-state index in [0.29, 0.717) is 5.92 Å². The average molecular weight is 449 g/mol. The zero-order valence-electron chi connectivity index (χ0n) is 18.5. The van der Waals surface area contributed by atoms with Gasteiger partial charge >= 0.3 is 0 Å². The van der Waals surface area contributed by atoms with E-state index in [1.807, 2.05) is 32.6 Å². The molecule has 166 valence electrons. The van der Waals surface area contributed by atoms with E-state index < -0.39 is 0 Å². The van der Waals surface area contributed by atoms with E-state index in [0.717, 1.165) is 76.9 Å². The number of allylic oxidation sites excluding steroid dienone is 2. The quantitative estimate of drug-likeness (QED) is 0.575. The Kier molecular flexibility index (Phi) is 5.80. The van der Waals surface area contributed by atoms with Gasteiger partial charge in [0, 0.05) is 51.9 Å². The number of anilines is 3. The first-order valence-corrected chi connectivity index (χ1v) is 11.9. The number of pyridine rings is 2. The Labute approximate surface area is 192 Å². The minimum absolute atomic E-state index is 0.0628. The number of rotatable bonds is 5. The van der Waals surface area contributed by atoms with Gasteiger partial charge in [0.2, 0.25) is 0 Å². The Balaban J connectivity index is 1.43. The second-order valence-corrected chi connectivity index (χ2v) is 9.57. The van der Waals surface area contributed by atoms with Crippen LogP contribution in [0.4, 0.5) is 17.3 Å². The summed E-state index contributed by atoms with van der Waals surface area (Å²) in [7, 11) is 3.62. The number of hydrogen-bond donors (Lipinski definition) is 2. The largest absolute Gasteiger partial charge is 0.368 e. The van der Waals surface area contributed by atoms with Crippen molar-refractivity contribution in [3.8, 4) is 0 Å². The summed E-state index contributed by atoms with van der Waals surface area (Å²) in [5.74, 6) is 1.91. The number of nitrogens with zero attached hydrogens (tertiary/aromatic N) is 4. The van der Waals surface area contributed by atoms with Crippen molar-refractivity contribution in [1.82, 2.24) is 20.2 Å². The Bertz CT molecular complexity index is 1140. The molecule has 1 amide bonds. The Hall–Kier alpha value is -2.97. The van der Waals surface area contributed by atoms with Crippen LogP contribution in [0.25, 0.3) is 10.1 Å². The molecule has 0 bridgehead atoms. The molecular weight excluding hydrogens is 420 g/mol. The fraction of sp³-hybridized carbons (Fsp3) is 0.375. The number of carbonyl (C=O) groups excluding carboxylic acids is 1. The van der Waals surface area contributed by atoms with Crippen LogP contribution in [-0.4, -0.2) is 61.0 Å². The molecule has 0 saturated carbocycles. The summed E-state index contributed by atoms with van der Waals surface area (Å²) in [5.41, 5.74) is 2.29. The molecule has 7 nitrogen and oxygen atoms in total. The molecule has 0 spiro atoms. The summed E-state index contributed by atoms with van der Waals surface area (Å²) >= 11 is 1.54. The van der Waals surface area contributed by atoms with Crippen molar-refractivity contribution in [1.29, 1.82) is 0 Å². The van der Waals surface area contributed by atoms with Gasteiger partial charge in [0.05, 0.1) is 21.5 Å². The summed E-state index contributed by atoms with van der Waals surface area (Å²) in [5, 5.41) is 7.83. The van der Waals surface area contributed by atoms with E-state index in [1.165, 1.54) is 0 Å². The highest BCUT2D eigenvalue weighted by molar-refractivity contribution is 7.21. The maximum absolute atomic E-state index is 12.9. The topological polar surface area (TPSA) is 73.4 Å². The third-order valence-corrected chi connectivity index (χ3v) is 7.26. The number of carbonyl (C=O) groups is 1. The lowest BCUT2D eigenvalue weighted by Gasteiger charge is -2.29. The molecular formula is C24H28N6OS. The second-order valence-electron chi connectivity index (χ2n) is 8.51. The summed E-state index contributed by atoms with van der Waals surface area (Å²) in [6, 6.07) is 6.17. The summed E-state index contributed by atoms with van der Waals surface area (Å²) in [6.07, 6.45) is 10.2. The van der Waals surface area contributed by atoms with Crippen molar-refractivity contribution in [2.45, 2.75) is 18.8 Å². The molecule has 1 saturated heterocycles. The van der Waals surface area contributed by atoms with E-state index in [-0.39, 0.29) is 5.91 Å². The molecule has 1 aliphatic carbocycles. The Morgan fingerprint density at radius 3 is 2.56 bits per heavy atom. The molecule has 4 heterocycles. The van der Waals surface area contributed by atoms with Gasteiger partial charge in [-0.2, -0.15) is 0 Å². The highest BCUT2D eigenvalue weighted by atomic mass is 32.1. The fourth-order valence-corrected chi connectivity index (χ4v) is 5.67. The molecule has 1 aliphatic heterocycles. The molecule has 0 aromatic carbocycles. The Morgan fingerprint density at radius 2 is 1.88 bits per heavy atom. The summed E-state index contributed by atoms with van der Waals surface area (Å²) < 4.78 is 1.05. The van der Waals surface area contributed by atoms with Crippen LogP contribution in [0.5, 0.6) is 0 Å². The predicted octanol–water partition coefficient (Wildman–Crippen LogP) is 3.98. The summed E-state index contributed by atoms with van der Waals surface area (Å²) in [4.78, 5) is 26.9. The van der Waals surface area contributed by atoms with E-state index in [4.69, 9.17) is 0 Å². The third-order valence-electron chi connectivity index (χ3n) is 6.12. The van der Waals surface area contributed by atoms with Gasteiger partial charge < -0.3 is 20.4 Å². The van der Waals surface area contributed by atoms with Crippen LogP contribution in [-0.2, 0) is 0 Å². The first-order valence-electron chi connectivity index (χ1n) is 11.1. The molecule has 0 atom stereocenters. The van der Waals surface area contributed by atoms with Crippen molar-refractivity contribution in [2.24, 2.45) is 0 Å². The smallest absolute Gasteiger partial charge is 0.263 e. The van der Waals surface area contributed by atoms with Crippen LogP contribution in [0.3, 0.4) is 0 Å². The van der Waals surface area contributed by atoms with Gasteiger partial charge in [-0.1, -0.05) is 12.2 Å². The maximum Gasteiger partial charge on any atom is 0.263 e. The fourth-order valence-electron chi connectivity index (χ4n) is 4.41. The van der Waals surface area contributed by atoms with Gasteiger partial charge in [-0.3, -0.25) is 4.79 Å². The number of aromatic nitrogens is 2. The van der Waals surface area contributed by atoms with E-state index in [2.05, 4.69) is 49.8 Å². The lowest BCUT2D eigenvalue weighted by Crippen LogP contribution is -2.43. The van der Waals surface area contributed by atoms with Gasteiger partial charge in [-0.15, -0.1) is 11.3 Å². The molecule has 8 heteroatoms. The van der Waals surface area contributed by atoms with Crippen LogP contribution >= 0.6 is 11.3 Å². The zero-order valence-corrected chi connectivity index (χ0v) is 19.3. The average Bonchev–Trinajstić information content (AvgIpc) is 3.47. The first-order chi connectivity index (χ1) is 15.6. The van der Waals surface area contributed by atoms with Crippen molar-refractivity contribution in [3.63, 3.8) is 0 Å². The molecule has 5 rings (SSSR count). The third kappa shape index (κ3) is 4.08. The molecule has 0 unspecified atom stereocenters. The lowest BCUT2D eigenvalue weighted by molar-refractivity contribution is 0.0831. The molecule has 2 aliphatic rings. The highest BCUT2D eigenvalue weighted by Crippen LogP contribution is 2.42. The highest BCUT2D eigenvalue weighted by Gasteiger charge is 2.26. The number of thiophene rings is 1. The predicted molar refractivity (Wildman–Crippen MR) is 131 cm³/mol. The maximum atomic E-state index is 12.9. The SMILES string of the molecule is CN(C)C(=O)c1sc2cnc(Nc3ccc(N4CCNCC4)cn3)cc2c1C1CC=CC1. The van der Waals surface area contributed by atoms with Crippen LogP contribution in [0.2, 0.25) is 0 Å². The molecule has 32 heavy (non-hydrogen) atoms. The van der Waals surface area contributed by atoms with Gasteiger partial charge in [0.15, 0.2) is 0 Å². The normalized spacial score (nSPS) is 16.6. The first kappa shape index (κ1) is 20.9. The molecule has 3 aromatic rings. The minimum atomic E-state index is 0.0628. The van der Waals surface area contributed by atoms with Gasteiger partial charge in [-0.25, -0.2) is 9.97 Å². The van der Waals surface area contributed by atoms with Crippen LogP contribution in [0, 0.1) is 0 Å². The van der Waals surface area contributed by atoms with Gasteiger partial charge in [-0.05, 0) is 42.5 Å². The van der Waals surface area contributed by atoms with E-state index >= 15 is 0 Å². The van der Waals surface area contributed by atoms with Crippen LogP contribution in [0.1, 0.15) is 34.0 Å². The van der Waals surface area contributed by atoms with Crippen LogP contribution < -0.4 is 15.5 Å². The number of amides is 1. The number of hydrogen-bond acceptors (Lipinski definition) is 7. The molecule has 3 aromatic heterocycles. The minimum Gasteiger partial charge on any atom is -0.368 e. The number of piperazine rings is 1. The zero-order chi connectivity index (χ0) is 22.1. The van der Waals surface area contributed by atoms with Gasteiger partial charge in [0.1, 0.15) is 11.6 Å². The molecule has 0 radical (unpaired) electrons. The molecule has 2 N–H and O–H groups in total. The van der Waals surface area contributed by atoms with Crippen molar-refractivity contribution in [3.05, 3.63) is 53.2 Å². The Morgan fingerprint density at radius 1 is 1.12 bits per heavy atom. The summed E-state index contributed by atoms with van der Waals surface area (Å²) in [6.45, 7) is 4.00. The van der Waals surface area contributed by atoms with E-state index in [1.54, 1.807) is 16.2 Å². The van der Waals surface area contributed by atoms with Crippen molar-refractivity contribution in [2.75, 3.05) is 50.5 Å². The number of nitrogens with one attached hydrogen (secondary N) is 2. The van der Waals surface area contributed by atoms with E-state index in [9.17, 15) is 4.79 Å². The van der Waals surface area contributed by atoms with Crippen LogP contribution in [0.15, 0.2) is 42.7 Å². The standard InChI is InChI=1S/C24H28N6OS/c1-29(2)24(31)23-22(16-5-3-4-6-16)18-13-21(27-15-19(18)32-23)28-20-8-7-17(14-26-20)30-11-9-25-10-12-30/h3-4,7-8,13-16,25H,5-6,9-12H2,1-2H3,(H,26,27,28). The second kappa shape index (κ2) is 8.88. The molecule has 1 fully saturated rings. The van der Waals surface area contributed by atoms with Crippen molar-refractivity contribution >= 4 is 44.7 Å². The lowest BCUT2D eigenvalue weighted by atomic mass is 9.94. The monoisotopic (exact) mass is 448 g/mol. The van der Waals surface area contributed by atoms with Gasteiger partial charge in [0.25, 0.3) is 5.91 Å².